The quantitative estimate of drug-likeness (QED) is 0.128. The maximum atomic E-state index is 13.8. The Labute approximate surface area is 349 Å². The molecule has 1 fully saturated rings. The van der Waals surface area contributed by atoms with Gasteiger partial charge in [-0.25, -0.2) is 0 Å². The predicted molar refractivity (Wildman–Crippen MR) is 238 cm³/mol. The number of ether oxygens (including phenoxy) is 2. The topological polar surface area (TPSA) is 147 Å². The van der Waals surface area contributed by atoms with Gasteiger partial charge in [0.1, 0.15) is 0 Å². The van der Waals surface area contributed by atoms with Crippen molar-refractivity contribution < 1.29 is 28.7 Å². The summed E-state index contributed by atoms with van der Waals surface area (Å²) in [6, 6.07) is 9.72. The lowest BCUT2D eigenvalue weighted by atomic mass is 9.90. The molecule has 1 aromatic rings. The van der Waals surface area contributed by atoms with E-state index >= 15 is 0 Å². The van der Waals surface area contributed by atoms with Crippen LogP contribution >= 0.6 is 0 Å². The average Bonchev–Trinajstić information content (AvgIpc) is 3.71. The molecule has 2 rings (SSSR count). The van der Waals surface area contributed by atoms with Crippen LogP contribution in [-0.4, -0.2) is 130 Å². The summed E-state index contributed by atoms with van der Waals surface area (Å²) in [7, 11) is 9.03. The predicted octanol–water partition coefficient (Wildman–Crippen LogP) is 6.40. The number of nitrogens with two attached hydrogens (primary N) is 1. The number of nitrogens with zero attached hydrogens (tertiary/aromatic N) is 3. The van der Waals surface area contributed by atoms with E-state index in [1.165, 1.54) is 6.42 Å². The number of hydrogen-bond donors (Lipinski definition) is 3. The van der Waals surface area contributed by atoms with Crippen LogP contribution in [0.2, 0.25) is 0 Å². The second-order valence-corrected chi connectivity index (χ2v) is 14.9. The van der Waals surface area contributed by atoms with E-state index in [9.17, 15) is 19.2 Å². The van der Waals surface area contributed by atoms with Gasteiger partial charge in [-0.2, -0.15) is 0 Å². The Morgan fingerprint density at radius 3 is 1.93 bits per heavy atom. The van der Waals surface area contributed by atoms with Crippen LogP contribution in [0.4, 0.5) is 0 Å². The van der Waals surface area contributed by atoms with E-state index in [0.717, 1.165) is 24.3 Å². The first-order valence-corrected chi connectivity index (χ1v) is 21.6. The van der Waals surface area contributed by atoms with E-state index in [2.05, 4.69) is 64.2 Å². The summed E-state index contributed by atoms with van der Waals surface area (Å²) in [5, 5.41) is 5.49. The summed E-state index contributed by atoms with van der Waals surface area (Å²) < 4.78 is 11.7. The number of carbonyl (C=O) groups excluding carboxylic acids is 4. The molecule has 0 saturated carbocycles. The second-order valence-electron chi connectivity index (χ2n) is 14.9. The van der Waals surface area contributed by atoms with Crippen molar-refractivity contribution >= 4 is 24.1 Å². The molecule has 0 radical (unpaired) electrons. The Bertz CT molecular complexity index is 1150. The highest BCUT2D eigenvalue weighted by Crippen LogP contribution is 2.29. The van der Waals surface area contributed by atoms with E-state index in [1.54, 1.807) is 31.1 Å². The van der Waals surface area contributed by atoms with Crippen LogP contribution < -0.4 is 16.4 Å². The van der Waals surface area contributed by atoms with Crippen molar-refractivity contribution in [2.75, 3.05) is 55.0 Å². The van der Waals surface area contributed by atoms with Gasteiger partial charge in [0.2, 0.25) is 24.1 Å². The van der Waals surface area contributed by atoms with Gasteiger partial charge in [-0.05, 0) is 57.7 Å². The van der Waals surface area contributed by atoms with Gasteiger partial charge in [0.25, 0.3) is 0 Å². The van der Waals surface area contributed by atoms with Crippen molar-refractivity contribution in [3.05, 3.63) is 35.9 Å². The van der Waals surface area contributed by atoms with E-state index in [0.29, 0.717) is 38.4 Å². The van der Waals surface area contributed by atoms with Gasteiger partial charge in [0.15, 0.2) is 0 Å². The first-order chi connectivity index (χ1) is 27.1. The number of nitrogens with one attached hydrogen (secondary N) is 2. The molecule has 0 aliphatic carbocycles. The zero-order valence-electron chi connectivity index (χ0n) is 39.4. The number of carbonyl (C=O) groups is 4. The van der Waals surface area contributed by atoms with E-state index in [-0.39, 0.29) is 54.7 Å². The summed E-state index contributed by atoms with van der Waals surface area (Å²) in [5.41, 5.74) is 7.08. The maximum absolute atomic E-state index is 13.8. The van der Waals surface area contributed by atoms with Gasteiger partial charge in [-0.3, -0.25) is 19.2 Å². The van der Waals surface area contributed by atoms with Crippen LogP contribution in [0, 0.1) is 17.8 Å². The summed E-state index contributed by atoms with van der Waals surface area (Å²) in [5.74, 6) is -0.234. The smallest absolute Gasteiger partial charge is 0.242 e. The Balaban J connectivity index is -0.00000166. The number of benzene rings is 1. The minimum atomic E-state index is -0.552. The average molecular weight is 809 g/mol. The fourth-order valence-electron chi connectivity index (χ4n) is 6.60. The molecule has 1 aromatic carbocycles. The van der Waals surface area contributed by atoms with Gasteiger partial charge < -0.3 is 40.5 Å². The fraction of sp³-hybridized carbons (Fsp3) is 0.778. The van der Waals surface area contributed by atoms with Crippen LogP contribution in [-0.2, 0) is 35.1 Å². The fourth-order valence-corrected chi connectivity index (χ4v) is 6.60. The molecular formula is C45H88N6O6. The lowest BCUT2D eigenvalue weighted by Crippen LogP contribution is -2.54. The SMILES string of the molecule is CC.CC.CC(C)C(C)N(C)C.CCC.CCC(C)C(C(CC(=O)N1CCCC1C(OC)C(C)C(=O)NC(CN)Cc1ccccc1)OC)N(C)C(=O)CNC=O. The third kappa shape index (κ3) is 22.0. The van der Waals surface area contributed by atoms with Crippen molar-refractivity contribution in [2.24, 2.45) is 23.5 Å². The van der Waals surface area contributed by atoms with Crippen molar-refractivity contribution in [2.45, 2.75) is 158 Å². The summed E-state index contributed by atoms with van der Waals surface area (Å²) in [6.07, 6.45) is 3.67. The second kappa shape index (κ2) is 34.9. The minimum absolute atomic E-state index is 0.0455. The third-order valence-corrected chi connectivity index (χ3v) is 10.4. The van der Waals surface area contributed by atoms with E-state index < -0.39 is 18.1 Å². The van der Waals surface area contributed by atoms with Crippen LogP contribution in [0.25, 0.3) is 0 Å². The number of likely N-dealkylation sites (N-methyl/N-ethyl adjacent to an activating group) is 1. The third-order valence-electron chi connectivity index (χ3n) is 10.4. The van der Waals surface area contributed by atoms with Crippen LogP contribution in [0.5, 0.6) is 0 Å². The highest BCUT2D eigenvalue weighted by molar-refractivity contribution is 5.81. The Kier molecular flexibility index (Phi) is 35.7. The van der Waals surface area contributed by atoms with Crippen LogP contribution in [0.15, 0.2) is 30.3 Å². The van der Waals surface area contributed by atoms with Gasteiger partial charge in [-0.1, -0.05) is 119 Å². The normalized spacial score (nSPS) is 16.8. The standard InChI is InChI=1S/C31H51N5O6.C7H17N.C3H8.2C2H6/c1-7-21(2)29(35(4)28(39)19-33-20-37)26(41-5)17-27(38)36-15-11-14-25(36)30(42-6)22(3)31(40)34-24(18-32)16-23-12-9-8-10-13-23;1-6(2)7(3)8(4)5;1-3-2;2*1-2/h8-10,12-13,20-22,24-26,29-30H,7,11,14-19,32H2,1-6H3,(H,33,37)(H,34,40);6-7H,1-5H3;3H2,1-2H3;2*1-2H3. The van der Waals surface area contributed by atoms with Gasteiger partial charge in [-0.15, -0.1) is 0 Å². The van der Waals surface area contributed by atoms with Crippen molar-refractivity contribution in [3.8, 4) is 0 Å². The number of rotatable bonds is 20. The highest BCUT2D eigenvalue weighted by atomic mass is 16.5. The molecule has 57 heavy (non-hydrogen) atoms. The first-order valence-electron chi connectivity index (χ1n) is 21.6. The number of hydrogen-bond acceptors (Lipinski definition) is 8. The molecule has 1 aliphatic heterocycles. The molecular weight excluding hydrogens is 721 g/mol. The monoisotopic (exact) mass is 809 g/mol. The van der Waals surface area contributed by atoms with Crippen molar-refractivity contribution in [1.29, 1.82) is 0 Å². The first kappa shape index (κ1) is 58.3. The van der Waals surface area contributed by atoms with E-state index in [1.807, 2.05) is 78.8 Å². The van der Waals surface area contributed by atoms with Crippen molar-refractivity contribution in [1.82, 2.24) is 25.3 Å². The Morgan fingerprint density at radius 2 is 1.51 bits per heavy atom. The van der Waals surface area contributed by atoms with Gasteiger partial charge in [0, 0.05) is 46.4 Å². The lowest BCUT2D eigenvalue weighted by molar-refractivity contribution is -0.145. The molecule has 8 unspecified atom stereocenters. The Hall–Kier alpha value is -3.06. The van der Waals surface area contributed by atoms with Gasteiger partial charge in [0.05, 0.1) is 43.2 Å². The minimum Gasteiger partial charge on any atom is -0.379 e. The molecule has 4 N–H and O–H groups in total. The van der Waals surface area contributed by atoms with Crippen LogP contribution in [0.1, 0.15) is 121 Å². The van der Waals surface area contributed by atoms with Crippen LogP contribution in [0.3, 0.4) is 0 Å². The Morgan fingerprint density at radius 1 is 0.947 bits per heavy atom. The zero-order valence-corrected chi connectivity index (χ0v) is 39.4. The highest BCUT2D eigenvalue weighted by Gasteiger charge is 2.42. The zero-order chi connectivity index (χ0) is 44.7. The maximum Gasteiger partial charge on any atom is 0.242 e. The molecule has 334 valence electrons. The molecule has 4 amide bonds. The van der Waals surface area contributed by atoms with E-state index in [4.69, 9.17) is 15.2 Å². The lowest BCUT2D eigenvalue weighted by Gasteiger charge is -2.39. The number of methoxy groups -OCH3 is 2. The number of likely N-dealkylation sites (tertiary alicyclic amines) is 1. The summed E-state index contributed by atoms with van der Waals surface area (Å²) >= 11 is 0. The molecule has 1 saturated heterocycles. The largest absolute Gasteiger partial charge is 0.379 e. The number of amides is 4. The molecule has 0 bridgehead atoms. The molecule has 0 aromatic heterocycles. The molecule has 1 heterocycles. The summed E-state index contributed by atoms with van der Waals surface area (Å²) in [6.45, 7) is 25.6. The molecule has 12 nitrogen and oxygen atoms in total. The van der Waals surface area contributed by atoms with Crippen molar-refractivity contribution in [3.63, 3.8) is 0 Å². The summed E-state index contributed by atoms with van der Waals surface area (Å²) in [4.78, 5) is 56.2. The molecule has 0 spiro atoms. The molecule has 8 atom stereocenters. The van der Waals surface area contributed by atoms with Gasteiger partial charge >= 0.3 is 0 Å². The molecule has 12 heteroatoms. The molecule has 1 aliphatic rings.